The van der Waals surface area contributed by atoms with E-state index in [0.29, 0.717) is 18.0 Å². The first-order valence-electron chi connectivity index (χ1n) is 6.78. The Kier molecular flexibility index (Phi) is 5.04. The van der Waals surface area contributed by atoms with Crippen LogP contribution in [-0.4, -0.2) is 30.1 Å². The lowest BCUT2D eigenvalue weighted by molar-refractivity contribution is 0.116. The molecule has 2 rings (SSSR count). The average molecular weight is 358 g/mol. The topological polar surface area (TPSA) is 15.3 Å². The van der Waals surface area contributed by atoms with Crippen molar-refractivity contribution in [2.45, 2.75) is 39.4 Å². The molecule has 0 aromatic heterocycles. The molecule has 0 amide bonds. The van der Waals surface area contributed by atoms with E-state index in [2.05, 4.69) is 77.8 Å². The molecule has 2 nitrogen and oxygen atoms in total. The van der Waals surface area contributed by atoms with Crippen LogP contribution in [-0.2, 0) is 6.54 Å². The van der Waals surface area contributed by atoms with Gasteiger partial charge in [-0.2, -0.15) is 0 Å². The summed E-state index contributed by atoms with van der Waals surface area (Å²) >= 11 is 2.36. The van der Waals surface area contributed by atoms with Crippen LogP contribution in [0.5, 0.6) is 0 Å². The SMILES string of the molecule is CC(C)C1CN(Cc2ccc(I)cc2)C(C)CN1. The summed E-state index contributed by atoms with van der Waals surface area (Å²) in [7, 11) is 0. The van der Waals surface area contributed by atoms with Gasteiger partial charge in [-0.15, -0.1) is 0 Å². The summed E-state index contributed by atoms with van der Waals surface area (Å²) in [6.07, 6.45) is 0. The minimum Gasteiger partial charge on any atom is -0.311 e. The van der Waals surface area contributed by atoms with Crippen LogP contribution in [0, 0.1) is 9.49 Å². The summed E-state index contributed by atoms with van der Waals surface area (Å²) in [5, 5.41) is 3.65. The Morgan fingerprint density at radius 2 is 2.00 bits per heavy atom. The van der Waals surface area contributed by atoms with E-state index in [1.165, 1.54) is 9.13 Å². The van der Waals surface area contributed by atoms with Crippen molar-refractivity contribution >= 4 is 22.6 Å². The van der Waals surface area contributed by atoms with Gasteiger partial charge in [0.15, 0.2) is 0 Å². The van der Waals surface area contributed by atoms with Crippen molar-refractivity contribution in [2.24, 2.45) is 5.92 Å². The molecule has 0 spiro atoms. The van der Waals surface area contributed by atoms with Gasteiger partial charge in [0.1, 0.15) is 0 Å². The zero-order valence-corrected chi connectivity index (χ0v) is 13.6. The summed E-state index contributed by atoms with van der Waals surface area (Å²) in [5.41, 5.74) is 1.42. The highest BCUT2D eigenvalue weighted by atomic mass is 127. The van der Waals surface area contributed by atoms with Gasteiger partial charge in [0.2, 0.25) is 0 Å². The van der Waals surface area contributed by atoms with Crippen LogP contribution < -0.4 is 5.32 Å². The predicted molar refractivity (Wildman–Crippen MR) is 85.7 cm³/mol. The maximum atomic E-state index is 3.65. The third kappa shape index (κ3) is 3.68. The third-order valence-electron chi connectivity index (χ3n) is 3.83. The third-order valence-corrected chi connectivity index (χ3v) is 4.55. The average Bonchev–Trinajstić information content (AvgIpc) is 2.34. The molecule has 1 aromatic rings. The molecule has 18 heavy (non-hydrogen) atoms. The standard InChI is InChI=1S/C15H23IN2/c1-11(2)15-10-18(12(3)8-17-15)9-13-4-6-14(16)7-5-13/h4-7,11-12,15,17H,8-10H2,1-3H3. The summed E-state index contributed by atoms with van der Waals surface area (Å²) < 4.78 is 1.31. The normalized spacial score (nSPS) is 25.6. The monoisotopic (exact) mass is 358 g/mol. The summed E-state index contributed by atoms with van der Waals surface area (Å²) in [4.78, 5) is 2.60. The number of halogens is 1. The first-order valence-corrected chi connectivity index (χ1v) is 7.86. The maximum Gasteiger partial charge on any atom is 0.0237 e. The fraction of sp³-hybridized carbons (Fsp3) is 0.600. The largest absolute Gasteiger partial charge is 0.311 e. The Hall–Kier alpha value is -0.130. The molecule has 1 fully saturated rings. The molecule has 1 N–H and O–H groups in total. The van der Waals surface area contributed by atoms with Gasteiger partial charge in [0.05, 0.1) is 0 Å². The molecule has 1 aliphatic rings. The summed E-state index contributed by atoms with van der Waals surface area (Å²) in [6.45, 7) is 10.3. The second kappa shape index (κ2) is 6.35. The van der Waals surface area contributed by atoms with Gasteiger partial charge in [0.25, 0.3) is 0 Å². The number of hydrogen-bond acceptors (Lipinski definition) is 2. The summed E-state index contributed by atoms with van der Waals surface area (Å²) in [5.74, 6) is 0.705. The van der Waals surface area contributed by atoms with E-state index in [0.717, 1.165) is 19.6 Å². The molecular formula is C15H23IN2. The highest BCUT2D eigenvalue weighted by molar-refractivity contribution is 14.1. The van der Waals surface area contributed by atoms with Crippen molar-refractivity contribution in [3.05, 3.63) is 33.4 Å². The highest BCUT2D eigenvalue weighted by Gasteiger charge is 2.26. The highest BCUT2D eigenvalue weighted by Crippen LogP contribution is 2.16. The van der Waals surface area contributed by atoms with Crippen LogP contribution in [0.2, 0.25) is 0 Å². The van der Waals surface area contributed by atoms with Gasteiger partial charge < -0.3 is 5.32 Å². The first kappa shape index (κ1) is 14.3. The van der Waals surface area contributed by atoms with Crippen LogP contribution in [0.4, 0.5) is 0 Å². The second-order valence-corrected chi connectivity index (χ2v) is 6.91. The van der Waals surface area contributed by atoms with Crippen molar-refractivity contribution in [2.75, 3.05) is 13.1 Å². The molecule has 2 atom stereocenters. The zero-order valence-electron chi connectivity index (χ0n) is 11.5. The first-order chi connectivity index (χ1) is 8.56. The Labute approximate surface area is 124 Å². The quantitative estimate of drug-likeness (QED) is 0.836. The van der Waals surface area contributed by atoms with Crippen LogP contribution in [0.1, 0.15) is 26.3 Å². The molecule has 0 radical (unpaired) electrons. The molecule has 1 aliphatic heterocycles. The van der Waals surface area contributed by atoms with Gasteiger partial charge in [-0.25, -0.2) is 0 Å². The Bertz CT molecular complexity index is 375. The van der Waals surface area contributed by atoms with Gasteiger partial charge in [-0.3, -0.25) is 4.90 Å². The van der Waals surface area contributed by atoms with Crippen molar-refractivity contribution in [3.63, 3.8) is 0 Å². The van der Waals surface area contributed by atoms with E-state index in [1.807, 2.05) is 0 Å². The van der Waals surface area contributed by atoms with Crippen LogP contribution in [0.15, 0.2) is 24.3 Å². The van der Waals surface area contributed by atoms with Crippen molar-refractivity contribution < 1.29 is 0 Å². The van der Waals surface area contributed by atoms with Crippen molar-refractivity contribution in [3.8, 4) is 0 Å². The predicted octanol–water partition coefficient (Wildman–Crippen LogP) is 3.11. The van der Waals surface area contributed by atoms with Gasteiger partial charge in [-0.05, 0) is 53.1 Å². The molecular weight excluding hydrogens is 335 g/mol. The number of hydrogen-bond donors (Lipinski definition) is 1. The van der Waals surface area contributed by atoms with Crippen LogP contribution >= 0.6 is 22.6 Å². The molecule has 100 valence electrons. The maximum absolute atomic E-state index is 3.65. The summed E-state index contributed by atoms with van der Waals surface area (Å²) in [6, 6.07) is 10.2. The lowest BCUT2D eigenvalue weighted by Crippen LogP contribution is -2.56. The number of piperazine rings is 1. The molecule has 1 heterocycles. The van der Waals surface area contributed by atoms with Crippen LogP contribution in [0.25, 0.3) is 0 Å². The molecule has 0 aliphatic carbocycles. The van der Waals surface area contributed by atoms with E-state index in [4.69, 9.17) is 0 Å². The zero-order chi connectivity index (χ0) is 13.1. The fourth-order valence-electron chi connectivity index (χ4n) is 2.44. The minimum absolute atomic E-state index is 0.624. The second-order valence-electron chi connectivity index (χ2n) is 5.66. The van der Waals surface area contributed by atoms with E-state index in [-0.39, 0.29) is 0 Å². The fourth-order valence-corrected chi connectivity index (χ4v) is 2.80. The number of nitrogens with zero attached hydrogens (tertiary/aromatic N) is 1. The molecule has 3 heteroatoms. The van der Waals surface area contributed by atoms with Crippen molar-refractivity contribution in [1.29, 1.82) is 0 Å². The van der Waals surface area contributed by atoms with E-state index in [1.54, 1.807) is 0 Å². The van der Waals surface area contributed by atoms with Gasteiger partial charge in [-0.1, -0.05) is 26.0 Å². The molecule has 2 unspecified atom stereocenters. The van der Waals surface area contributed by atoms with Crippen LogP contribution in [0.3, 0.4) is 0 Å². The molecule has 0 bridgehead atoms. The lowest BCUT2D eigenvalue weighted by atomic mass is 9.99. The molecule has 1 saturated heterocycles. The molecule has 1 aromatic carbocycles. The van der Waals surface area contributed by atoms with E-state index < -0.39 is 0 Å². The minimum atomic E-state index is 0.624. The van der Waals surface area contributed by atoms with Gasteiger partial charge >= 0.3 is 0 Å². The lowest BCUT2D eigenvalue weighted by Gasteiger charge is -2.40. The Morgan fingerprint density at radius 3 is 2.61 bits per heavy atom. The van der Waals surface area contributed by atoms with Gasteiger partial charge in [0, 0.05) is 35.3 Å². The van der Waals surface area contributed by atoms with E-state index >= 15 is 0 Å². The molecule has 0 saturated carbocycles. The Balaban J connectivity index is 2.00. The number of benzene rings is 1. The number of rotatable bonds is 3. The van der Waals surface area contributed by atoms with E-state index in [9.17, 15) is 0 Å². The number of nitrogens with one attached hydrogen (secondary N) is 1. The van der Waals surface area contributed by atoms with Crippen molar-refractivity contribution in [1.82, 2.24) is 10.2 Å². The Morgan fingerprint density at radius 1 is 1.33 bits per heavy atom. The smallest absolute Gasteiger partial charge is 0.0237 e.